The Morgan fingerprint density at radius 3 is 2.78 bits per heavy atom. The molecule has 3 aromatic rings. The van der Waals surface area contributed by atoms with Crippen LogP contribution in [0, 0.1) is 0 Å². The normalized spacial score (nSPS) is 21.4. The minimum absolute atomic E-state index is 0.0927. The molecule has 216 valence electrons. The first kappa shape index (κ1) is 27.1. The molecule has 0 aliphatic carbocycles. The first-order valence-electron chi connectivity index (χ1n) is 13.2. The molecule has 1 aromatic carbocycles. The van der Waals surface area contributed by atoms with E-state index in [1.165, 1.54) is 29.4 Å². The Morgan fingerprint density at radius 1 is 1.20 bits per heavy atom. The lowest BCUT2D eigenvalue weighted by Crippen LogP contribution is -2.56. The molecule has 3 aliphatic heterocycles. The zero-order valence-corrected chi connectivity index (χ0v) is 22.4. The van der Waals surface area contributed by atoms with Crippen LogP contribution in [-0.2, 0) is 15.7 Å². The van der Waals surface area contributed by atoms with Gasteiger partial charge in [-0.25, -0.2) is 24.7 Å². The van der Waals surface area contributed by atoms with Crippen molar-refractivity contribution in [3.63, 3.8) is 0 Å². The quantitative estimate of drug-likeness (QED) is 0.473. The van der Waals surface area contributed by atoms with E-state index in [9.17, 15) is 18.0 Å². The van der Waals surface area contributed by atoms with E-state index in [-0.39, 0.29) is 41.8 Å². The molecule has 6 rings (SSSR count). The van der Waals surface area contributed by atoms with Crippen LogP contribution in [0.2, 0.25) is 0 Å². The van der Waals surface area contributed by atoms with Crippen LogP contribution in [0.25, 0.3) is 11.4 Å². The fraction of sp³-hybridized carbons (Fsp3) is 0.444. The number of urea groups is 1. The molecule has 0 saturated carbocycles. The number of fused-ring (bicyclic) bond motifs is 4. The van der Waals surface area contributed by atoms with Gasteiger partial charge >= 0.3 is 12.2 Å². The van der Waals surface area contributed by atoms with E-state index in [1.54, 1.807) is 6.20 Å². The number of alkyl halides is 3. The standard InChI is InChI=1S/C27H28F3N7O4/c1-26(2)40-15-19(41-26)14-39-22-12-31-21(11-32-22)34-25(38)37-18-7-4-8-36(13-18)20-10-33-23(35-24(20)37)16-5-3-6-17(9-16)27(28,29)30/h3,5-6,9-12,18-19H,4,7-8,13-15H2,1-2H3,(H,31,34,38)/t18-,19+/m0/s1. The fourth-order valence-corrected chi connectivity index (χ4v) is 5.21. The number of carbonyl (C=O) groups is 1. The predicted octanol–water partition coefficient (Wildman–Crippen LogP) is 4.50. The molecule has 2 saturated heterocycles. The Bertz CT molecular complexity index is 1440. The lowest BCUT2D eigenvalue weighted by molar-refractivity contribution is -0.141. The monoisotopic (exact) mass is 571 g/mol. The second-order valence-corrected chi connectivity index (χ2v) is 10.5. The highest BCUT2D eigenvalue weighted by molar-refractivity contribution is 6.04. The molecule has 41 heavy (non-hydrogen) atoms. The number of nitrogens with one attached hydrogen (secondary N) is 1. The highest BCUT2D eigenvalue weighted by Gasteiger charge is 2.39. The minimum Gasteiger partial charge on any atom is -0.474 e. The van der Waals surface area contributed by atoms with Crippen LogP contribution in [0.15, 0.2) is 42.9 Å². The van der Waals surface area contributed by atoms with Gasteiger partial charge in [-0.1, -0.05) is 12.1 Å². The molecular formula is C27H28F3N7O4. The molecule has 0 radical (unpaired) electrons. The van der Waals surface area contributed by atoms with Crippen molar-refractivity contribution < 1.29 is 32.2 Å². The van der Waals surface area contributed by atoms with Crippen LogP contribution in [0.1, 0.15) is 32.3 Å². The molecule has 14 heteroatoms. The molecule has 2 aromatic heterocycles. The average Bonchev–Trinajstić information content (AvgIpc) is 3.30. The first-order valence-corrected chi connectivity index (χ1v) is 13.2. The number of hydrogen-bond acceptors (Lipinski definition) is 9. The van der Waals surface area contributed by atoms with Gasteiger partial charge in [-0.3, -0.25) is 10.2 Å². The van der Waals surface area contributed by atoms with Gasteiger partial charge in [0.1, 0.15) is 12.7 Å². The highest BCUT2D eigenvalue weighted by Crippen LogP contribution is 2.39. The lowest BCUT2D eigenvalue weighted by Gasteiger charge is -2.45. The zero-order chi connectivity index (χ0) is 28.8. The zero-order valence-electron chi connectivity index (χ0n) is 22.4. The molecule has 5 heterocycles. The molecule has 0 unspecified atom stereocenters. The smallest absolute Gasteiger partial charge is 0.416 e. The van der Waals surface area contributed by atoms with Gasteiger partial charge < -0.3 is 19.1 Å². The summed E-state index contributed by atoms with van der Waals surface area (Å²) in [4.78, 5) is 34.6. The minimum atomic E-state index is -4.50. The summed E-state index contributed by atoms with van der Waals surface area (Å²) in [5, 5.41) is 2.76. The molecule has 2 atom stereocenters. The Balaban J connectivity index is 1.21. The number of rotatable bonds is 5. The molecule has 1 N–H and O–H groups in total. The van der Waals surface area contributed by atoms with E-state index >= 15 is 0 Å². The maximum atomic E-state index is 13.6. The second kappa shape index (κ2) is 10.4. The van der Waals surface area contributed by atoms with Gasteiger partial charge in [-0.2, -0.15) is 13.2 Å². The van der Waals surface area contributed by atoms with E-state index in [0.29, 0.717) is 24.7 Å². The second-order valence-electron chi connectivity index (χ2n) is 10.5. The van der Waals surface area contributed by atoms with E-state index in [2.05, 4.69) is 30.2 Å². The van der Waals surface area contributed by atoms with Crippen LogP contribution in [0.3, 0.4) is 0 Å². The number of ether oxygens (including phenoxy) is 3. The van der Waals surface area contributed by atoms with Gasteiger partial charge in [0.25, 0.3) is 0 Å². The van der Waals surface area contributed by atoms with Crippen molar-refractivity contribution in [2.24, 2.45) is 0 Å². The third-order valence-corrected chi connectivity index (χ3v) is 7.10. The van der Waals surface area contributed by atoms with Crippen LogP contribution in [0.5, 0.6) is 5.88 Å². The fourth-order valence-electron chi connectivity index (χ4n) is 5.21. The first-order chi connectivity index (χ1) is 19.6. The van der Waals surface area contributed by atoms with E-state index < -0.39 is 23.6 Å². The van der Waals surface area contributed by atoms with Gasteiger partial charge in [0, 0.05) is 18.7 Å². The summed E-state index contributed by atoms with van der Waals surface area (Å²) in [7, 11) is 0. The van der Waals surface area contributed by atoms with Crippen molar-refractivity contribution in [1.82, 2.24) is 19.9 Å². The maximum absolute atomic E-state index is 13.6. The summed E-state index contributed by atoms with van der Waals surface area (Å²) < 4.78 is 56.8. The van der Waals surface area contributed by atoms with Crippen molar-refractivity contribution in [2.75, 3.05) is 41.4 Å². The molecule has 0 spiro atoms. The van der Waals surface area contributed by atoms with Crippen molar-refractivity contribution in [3.05, 3.63) is 48.4 Å². The number of nitrogens with zero attached hydrogens (tertiary/aromatic N) is 6. The molecule has 3 aliphatic rings. The Kier molecular flexibility index (Phi) is 6.90. The molecule has 11 nitrogen and oxygen atoms in total. The lowest BCUT2D eigenvalue weighted by atomic mass is 10.0. The third-order valence-electron chi connectivity index (χ3n) is 7.10. The Hall–Kier alpha value is -4.04. The Labute approximate surface area is 233 Å². The largest absolute Gasteiger partial charge is 0.474 e. The van der Waals surface area contributed by atoms with Crippen molar-refractivity contribution in [2.45, 2.75) is 50.8 Å². The number of anilines is 3. The van der Waals surface area contributed by atoms with Gasteiger partial charge in [-0.15, -0.1) is 0 Å². The van der Waals surface area contributed by atoms with E-state index in [0.717, 1.165) is 31.5 Å². The van der Waals surface area contributed by atoms with Crippen molar-refractivity contribution >= 4 is 23.4 Å². The average molecular weight is 572 g/mol. The maximum Gasteiger partial charge on any atom is 0.416 e. The number of amides is 2. The van der Waals surface area contributed by atoms with Crippen molar-refractivity contribution in [3.8, 4) is 17.3 Å². The third kappa shape index (κ3) is 5.75. The number of piperidine rings is 1. The van der Waals surface area contributed by atoms with Gasteiger partial charge in [-0.05, 0) is 38.8 Å². The van der Waals surface area contributed by atoms with Gasteiger partial charge in [0.15, 0.2) is 23.2 Å². The number of halogens is 3. The molecule has 2 bridgehead atoms. The SMILES string of the molecule is CC1(C)OC[C@@H](COc2cnc(NC(=O)N3c4nc(-c5cccc(C(F)(F)F)c5)ncc4N4CCC[C@H]3C4)cn2)O1. The Morgan fingerprint density at radius 2 is 2.05 bits per heavy atom. The predicted molar refractivity (Wildman–Crippen MR) is 142 cm³/mol. The highest BCUT2D eigenvalue weighted by atomic mass is 19.4. The topological polar surface area (TPSA) is 115 Å². The molecular weight excluding hydrogens is 543 g/mol. The number of aromatic nitrogens is 4. The summed E-state index contributed by atoms with van der Waals surface area (Å²) in [6.07, 6.45) is 1.22. The molecule has 2 fully saturated rings. The van der Waals surface area contributed by atoms with Crippen LogP contribution in [0.4, 0.5) is 35.3 Å². The van der Waals surface area contributed by atoms with Gasteiger partial charge in [0.05, 0.1) is 42.5 Å². The number of carbonyl (C=O) groups excluding carboxylic acids is 1. The van der Waals surface area contributed by atoms with Crippen molar-refractivity contribution in [1.29, 1.82) is 0 Å². The summed E-state index contributed by atoms with van der Waals surface area (Å²) in [6, 6.07) is 4.15. The number of benzene rings is 1. The van der Waals surface area contributed by atoms with E-state index in [4.69, 9.17) is 14.2 Å². The van der Waals surface area contributed by atoms with Crippen LogP contribution in [-0.4, -0.2) is 70.2 Å². The van der Waals surface area contributed by atoms with E-state index in [1.807, 2.05) is 13.8 Å². The summed E-state index contributed by atoms with van der Waals surface area (Å²) in [5.74, 6) is 0.234. The van der Waals surface area contributed by atoms with Crippen LogP contribution < -0.4 is 19.9 Å². The van der Waals surface area contributed by atoms with Gasteiger partial charge in [0.2, 0.25) is 5.88 Å². The number of hydrogen-bond donors (Lipinski definition) is 1. The summed E-state index contributed by atoms with van der Waals surface area (Å²) >= 11 is 0. The summed E-state index contributed by atoms with van der Waals surface area (Å²) in [6.45, 7) is 5.66. The molecule has 2 amide bonds. The van der Waals surface area contributed by atoms with Crippen LogP contribution >= 0.6 is 0 Å². The summed E-state index contributed by atoms with van der Waals surface area (Å²) in [5.41, 5.74) is 0.0433.